The fourth-order valence-corrected chi connectivity index (χ4v) is 1.94. The normalized spacial score (nSPS) is 10.7. The average Bonchev–Trinajstić information content (AvgIpc) is 2.56. The Morgan fingerprint density at radius 2 is 1.94 bits per heavy atom. The highest BCUT2D eigenvalue weighted by Crippen LogP contribution is 2.18. The summed E-state index contributed by atoms with van der Waals surface area (Å²) < 4.78 is 1.78. The van der Waals surface area contributed by atoms with Gasteiger partial charge in [0.1, 0.15) is 0 Å². The minimum Gasteiger partial charge on any atom is -0.330 e. The lowest BCUT2D eigenvalue weighted by Gasteiger charge is -2.05. The number of hydrogen-bond donors (Lipinski definition) is 2. The number of nitrogens with two attached hydrogens (primary N) is 1. The average molecular weight is 252 g/mol. The fraction of sp³-hybridized carbons (Fsp3) is 0.692. The number of aryl methyl sites for hydroxylation is 2. The SMILES string of the molecule is Cc1nn(C)c(C)c1NC(=O)CCCCCCN. The monoisotopic (exact) mass is 252 g/mol. The molecule has 5 nitrogen and oxygen atoms in total. The van der Waals surface area contributed by atoms with Crippen LogP contribution in [0, 0.1) is 13.8 Å². The molecule has 0 spiro atoms. The molecule has 0 atom stereocenters. The molecule has 0 fully saturated rings. The molecule has 1 heterocycles. The minimum absolute atomic E-state index is 0.0712. The molecule has 0 bridgehead atoms. The second kappa shape index (κ2) is 7.16. The number of carbonyl (C=O) groups is 1. The Bertz CT molecular complexity index is 398. The van der Waals surface area contributed by atoms with E-state index in [-0.39, 0.29) is 5.91 Å². The lowest BCUT2D eigenvalue weighted by atomic mass is 10.1. The first-order valence-electron chi connectivity index (χ1n) is 6.56. The summed E-state index contributed by atoms with van der Waals surface area (Å²) in [5, 5.41) is 7.22. The van der Waals surface area contributed by atoms with E-state index in [0.29, 0.717) is 6.42 Å². The van der Waals surface area contributed by atoms with Gasteiger partial charge in [0.2, 0.25) is 5.91 Å². The van der Waals surface area contributed by atoms with Crippen LogP contribution in [-0.4, -0.2) is 22.2 Å². The Balaban J connectivity index is 2.36. The molecule has 0 aromatic carbocycles. The van der Waals surface area contributed by atoms with Crippen molar-refractivity contribution in [2.75, 3.05) is 11.9 Å². The van der Waals surface area contributed by atoms with Crippen molar-refractivity contribution in [3.63, 3.8) is 0 Å². The topological polar surface area (TPSA) is 72.9 Å². The van der Waals surface area contributed by atoms with Crippen LogP contribution in [0.5, 0.6) is 0 Å². The number of unbranched alkanes of at least 4 members (excludes halogenated alkanes) is 3. The third kappa shape index (κ3) is 4.14. The Hall–Kier alpha value is -1.36. The highest BCUT2D eigenvalue weighted by molar-refractivity contribution is 5.91. The zero-order valence-electron chi connectivity index (χ0n) is 11.6. The van der Waals surface area contributed by atoms with Gasteiger partial charge in [-0.3, -0.25) is 9.48 Å². The molecule has 1 amide bonds. The second-order valence-electron chi connectivity index (χ2n) is 4.67. The zero-order valence-corrected chi connectivity index (χ0v) is 11.6. The van der Waals surface area contributed by atoms with E-state index in [0.717, 1.165) is 49.3 Å². The maximum absolute atomic E-state index is 11.8. The molecule has 0 aliphatic rings. The summed E-state index contributed by atoms with van der Waals surface area (Å²) in [6.07, 6.45) is 4.70. The summed E-state index contributed by atoms with van der Waals surface area (Å²) in [5.74, 6) is 0.0712. The first kappa shape index (κ1) is 14.7. The number of nitrogens with one attached hydrogen (secondary N) is 1. The maximum atomic E-state index is 11.8. The third-order valence-electron chi connectivity index (χ3n) is 3.13. The number of aromatic nitrogens is 2. The molecular weight excluding hydrogens is 228 g/mol. The van der Waals surface area contributed by atoms with Gasteiger partial charge < -0.3 is 11.1 Å². The van der Waals surface area contributed by atoms with Crippen LogP contribution in [0.1, 0.15) is 43.5 Å². The van der Waals surface area contributed by atoms with Crippen LogP contribution in [0.25, 0.3) is 0 Å². The van der Waals surface area contributed by atoms with Gasteiger partial charge in [0.05, 0.1) is 17.1 Å². The van der Waals surface area contributed by atoms with E-state index in [1.54, 1.807) is 4.68 Å². The molecule has 0 radical (unpaired) electrons. The summed E-state index contributed by atoms with van der Waals surface area (Å²) in [4.78, 5) is 11.8. The van der Waals surface area contributed by atoms with Crippen LogP contribution >= 0.6 is 0 Å². The molecule has 0 saturated carbocycles. The predicted molar refractivity (Wildman–Crippen MR) is 73.5 cm³/mol. The van der Waals surface area contributed by atoms with Crippen molar-refractivity contribution in [2.45, 2.75) is 46.0 Å². The summed E-state index contributed by atoms with van der Waals surface area (Å²) >= 11 is 0. The van der Waals surface area contributed by atoms with Crippen molar-refractivity contribution in [3.8, 4) is 0 Å². The molecule has 3 N–H and O–H groups in total. The molecule has 0 saturated heterocycles. The summed E-state index contributed by atoms with van der Waals surface area (Å²) in [7, 11) is 1.88. The number of anilines is 1. The van der Waals surface area contributed by atoms with E-state index in [1.165, 1.54) is 0 Å². The maximum Gasteiger partial charge on any atom is 0.224 e. The van der Waals surface area contributed by atoms with Crippen molar-refractivity contribution in [3.05, 3.63) is 11.4 Å². The highest BCUT2D eigenvalue weighted by atomic mass is 16.1. The van der Waals surface area contributed by atoms with Gasteiger partial charge in [0, 0.05) is 13.5 Å². The van der Waals surface area contributed by atoms with Crippen LogP contribution in [0.3, 0.4) is 0 Å². The third-order valence-corrected chi connectivity index (χ3v) is 3.13. The fourth-order valence-electron chi connectivity index (χ4n) is 1.94. The zero-order chi connectivity index (χ0) is 13.5. The number of nitrogens with zero attached hydrogens (tertiary/aromatic N) is 2. The largest absolute Gasteiger partial charge is 0.330 e. The van der Waals surface area contributed by atoms with E-state index in [1.807, 2.05) is 20.9 Å². The summed E-state index contributed by atoms with van der Waals surface area (Å²) in [6.45, 7) is 4.60. The lowest BCUT2D eigenvalue weighted by molar-refractivity contribution is -0.116. The predicted octanol–water partition coefficient (Wildman–Crippen LogP) is 1.88. The highest BCUT2D eigenvalue weighted by Gasteiger charge is 2.11. The Morgan fingerprint density at radius 1 is 1.28 bits per heavy atom. The molecule has 18 heavy (non-hydrogen) atoms. The summed E-state index contributed by atoms with van der Waals surface area (Å²) in [5.41, 5.74) is 8.13. The van der Waals surface area contributed by atoms with E-state index in [2.05, 4.69) is 10.4 Å². The van der Waals surface area contributed by atoms with Crippen molar-refractivity contribution in [1.29, 1.82) is 0 Å². The van der Waals surface area contributed by atoms with E-state index in [4.69, 9.17) is 5.73 Å². The molecule has 0 aliphatic heterocycles. The second-order valence-corrected chi connectivity index (χ2v) is 4.67. The standard InChI is InChI=1S/C13H24N4O/c1-10-13(11(2)17(3)16-10)15-12(18)8-6-4-5-7-9-14/h4-9,14H2,1-3H3,(H,15,18). The van der Waals surface area contributed by atoms with Crippen LogP contribution in [0.4, 0.5) is 5.69 Å². The van der Waals surface area contributed by atoms with Gasteiger partial charge in [0.25, 0.3) is 0 Å². The van der Waals surface area contributed by atoms with Gasteiger partial charge in [0.15, 0.2) is 0 Å². The van der Waals surface area contributed by atoms with Crippen LogP contribution in [0.15, 0.2) is 0 Å². The van der Waals surface area contributed by atoms with E-state index in [9.17, 15) is 4.79 Å². The molecule has 1 aromatic rings. The Morgan fingerprint density at radius 3 is 2.50 bits per heavy atom. The van der Waals surface area contributed by atoms with Gasteiger partial charge in [-0.2, -0.15) is 5.10 Å². The molecule has 0 unspecified atom stereocenters. The molecule has 5 heteroatoms. The van der Waals surface area contributed by atoms with Crippen LogP contribution in [-0.2, 0) is 11.8 Å². The molecule has 0 aliphatic carbocycles. The molecule has 1 rings (SSSR count). The number of carbonyl (C=O) groups excluding carboxylic acids is 1. The van der Waals surface area contributed by atoms with Crippen molar-refractivity contribution in [1.82, 2.24) is 9.78 Å². The quantitative estimate of drug-likeness (QED) is 0.728. The smallest absolute Gasteiger partial charge is 0.224 e. The van der Waals surface area contributed by atoms with Gasteiger partial charge >= 0.3 is 0 Å². The Kier molecular flexibility index (Phi) is 5.85. The van der Waals surface area contributed by atoms with Crippen molar-refractivity contribution < 1.29 is 4.79 Å². The van der Waals surface area contributed by atoms with Gasteiger partial charge in [-0.1, -0.05) is 12.8 Å². The van der Waals surface area contributed by atoms with Crippen molar-refractivity contribution >= 4 is 11.6 Å². The van der Waals surface area contributed by atoms with Gasteiger partial charge in [-0.05, 0) is 33.2 Å². The molecular formula is C13H24N4O. The van der Waals surface area contributed by atoms with E-state index >= 15 is 0 Å². The number of rotatable bonds is 7. The molecule has 102 valence electrons. The minimum atomic E-state index is 0.0712. The van der Waals surface area contributed by atoms with Gasteiger partial charge in [-0.15, -0.1) is 0 Å². The van der Waals surface area contributed by atoms with E-state index < -0.39 is 0 Å². The van der Waals surface area contributed by atoms with Crippen LogP contribution < -0.4 is 11.1 Å². The van der Waals surface area contributed by atoms with Crippen LogP contribution in [0.2, 0.25) is 0 Å². The number of amides is 1. The van der Waals surface area contributed by atoms with Gasteiger partial charge in [-0.25, -0.2) is 0 Å². The number of hydrogen-bond acceptors (Lipinski definition) is 3. The Labute approximate surface area is 109 Å². The molecule has 1 aromatic heterocycles. The summed E-state index contributed by atoms with van der Waals surface area (Å²) in [6, 6.07) is 0. The van der Waals surface area contributed by atoms with Crippen molar-refractivity contribution in [2.24, 2.45) is 12.8 Å². The first-order valence-corrected chi connectivity index (χ1v) is 6.56. The lowest BCUT2D eigenvalue weighted by Crippen LogP contribution is -2.12. The first-order chi connectivity index (χ1) is 8.56.